The zero-order valence-electron chi connectivity index (χ0n) is 17.6. The summed E-state index contributed by atoms with van der Waals surface area (Å²) >= 11 is 0. The fourth-order valence-corrected chi connectivity index (χ4v) is 5.57. The van der Waals surface area contributed by atoms with Crippen LogP contribution in [0.1, 0.15) is 76.2 Å². The Morgan fingerprint density at radius 3 is 1.92 bits per heavy atom. The van der Waals surface area contributed by atoms with Crippen molar-refractivity contribution in [1.82, 2.24) is 0 Å². The Kier molecular flexibility index (Phi) is 15.9. The molecule has 0 aliphatic rings. The van der Waals surface area contributed by atoms with Gasteiger partial charge in [0.15, 0.2) is 0 Å². The Balaban J connectivity index is 0.000000481. The first kappa shape index (κ1) is 25.2. The molecule has 1 aromatic rings. The van der Waals surface area contributed by atoms with Crippen LogP contribution in [0.5, 0.6) is 0 Å². The average molecular weight is 376 g/mol. The van der Waals surface area contributed by atoms with Crippen LogP contribution in [-0.4, -0.2) is 39.4 Å². The number of esters is 1. The molecule has 0 bridgehead atoms. The van der Waals surface area contributed by atoms with Crippen molar-refractivity contribution in [3.05, 3.63) is 35.4 Å². The molecule has 146 valence electrons. The van der Waals surface area contributed by atoms with E-state index in [0.717, 1.165) is 11.1 Å². The van der Waals surface area contributed by atoms with Crippen molar-refractivity contribution in [2.24, 2.45) is 0 Å². The minimum atomic E-state index is -0.676. The molecule has 0 fully saturated rings. The summed E-state index contributed by atoms with van der Waals surface area (Å²) in [4.78, 5) is 11.1. The van der Waals surface area contributed by atoms with E-state index < -0.39 is 11.8 Å². The van der Waals surface area contributed by atoms with Crippen LogP contribution in [0.25, 0.3) is 0 Å². The summed E-state index contributed by atoms with van der Waals surface area (Å²) in [5.74, 6) is -1.09. The zero-order chi connectivity index (χ0) is 19.8. The van der Waals surface area contributed by atoms with Gasteiger partial charge in [0.2, 0.25) is 0 Å². The highest BCUT2D eigenvalue weighted by molar-refractivity contribution is 7.57. The summed E-state index contributed by atoms with van der Waals surface area (Å²) in [6.45, 7) is 8.89. The van der Waals surface area contributed by atoms with Crippen molar-refractivity contribution < 1.29 is 9.53 Å². The Morgan fingerprint density at radius 1 is 1.04 bits per heavy atom. The second-order valence-electron chi connectivity index (χ2n) is 6.82. The number of hydrogen-bond donors (Lipinski definition) is 0. The molecule has 0 spiro atoms. The molecule has 0 saturated carbocycles. The highest BCUT2D eigenvalue weighted by Gasteiger charge is 2.14. The van der Waals surface area contributed by atoms with Crippen LogP contribution < -0.4 is 0 Å². The van der Waals surface area contributed by atoms with E-state index in [1.54, 1.807) is 18.5 Å². The minimum Gasteiger partial charge on any atom is -0.469 e. The lowest BCUT2D eigenvalue weighted by atomic mass is 9.81. The van der Waals surface area contributed by atoms with Crippen molar-refractivity contribution in [2.45, 2.75) is 72.0 Å². The third kappa shape index (κ3) is 11.7. The van der Waals surface area contributed by atoms with Gasteiger partial charge in [0.05, 0.1) is 15.0 Å². The molecule has 2 radical (unpaired) electrons. The molecule has 0 amide bonds. The van der Waals surface area contributed by atoms with Gasteiger partial charge in [-0.1, -0.05) is 69.9 Å². The Bertz CT molecular complexity index is 460. The minimum absolute atomic E-state index is 0.411. The van der Waals surface area contributed by atoms with E-state index in [0.29, 0.717) is 7.92 Å². The van der Waals surface area contributed by atoms with E-state index in [9.17, 15) is 4.79 Å². The summed E-state index contributed by atoms with van der Waals surface area (Å²) in [6.07, 6.45) is 13.2. The number of methoxy groups -OCH3 is 1. The van der Waals surface area contributed by atoms with Crippen molar-refractivity contribution in [3.63, 3.8) is 0 Å². The van der Waals surface area contributed by atoms with E-state index in [1.807, 2.05) is 31.2 Å². The Hall–Kier alpha value is -0.815. The van der Waals surface area contributed by atoms with E-state index in [2.05, 4.69) is 25.5 Å². The fraction of sp³-hybridized carbons (Fsp3) is 0.682. The molecule has 1 atom stereocenters. The van der Waals surface area contributed by atoms with Crippen molar-refractivity contribution in [3.8, 4) is 0 Å². The van der Waals surface area contributed by atoms with E-state index in [1.165, 1.54) is 45.6 Å². The summed E-state index contributed by atoms with van der Waals surface area (Å²) in [5.41, 5.74) is 1.86. The van der Waals surface area contributed by atoms with Crippen LogP contribution in [0.4, 0.5) is 0 Å². The van der Waals surface area contributed by atoms with Gasteiger partial charge in [-0.25, -0.2) is 0 Å². The molecule has 1 unspecified atom stereocenters. The Morgan fingerprint density at radius 2 is 1.54 bits per heavy atom. The first-order valence-corrected chi connectivity index (χ1v) is 12.0. The van der Waals surface area contributed by atoms with E-state index >= 15 is 0 Å². The first-order chi connectivity index (χ1) is 12.5. The lowest BCUT2D eigenvalue weighted by Gasteiger charge is -2.16. The van der Waals surface area contributed by atoms with Gasteiger partial charge < -0.3 is 4.74 Å². The van der Waals surface area contributed by atoms with E-state index in [4.69, 9.17) is 7.85 Å². The number of unbranched alkanes of at least 4 members (excludes halogenated alkanes) is 3. The van der Waals surface area contributed by atoms with Crippen molar-refractivity contribution in [1.29, 1.82) is 0 Å². The number of hydrogen-bond acceptors (Lipinski definition) is 2. The maximum absolute atomic E-state index is 11.1. The number of ether oxygens (including phenoxy) is 1. The average Bonchev–Trinajstić information content (AvgIpc) is 2.66. The monoisotopic (exact) mass is 376 g/mol. The van der Waals surface area contributed by atoms with Crippen LogP contribution in [0.3, 0.4) is 0 Å². The van der Waals surface area contributed by atoms with Gasteiger partial charge in [0, 0.05) is 5.82 Å². The molecule has 0 aliphatic heterocycles. The van der Waals surface area contributed by atoms with Crippen LogP contribution in [0, 0.1) is 6.92 Å². The van der Waals surface area contributed by atoms with Gasteiger partial charge in [0.25, 0.3) is 0 Å². The highest BCUT2D eigenvalue weighted by Crippen LogP contribution is 2.38. The summed E-state index contributed by atoms with van der Waals surface area (Å²) in [7, 11) is 7.40. The van der Waals surface area contributed by atoms with E-state index in [-0.39, 0.29) is 0 Å². The molecule has 0 aromatic heterocycles. The summed E-state index contributed by atoms with van der Waals surface area (Å²) in [6, 6.07) is 7.51. The molecular formula is C22H38BO2P. The predicted molar refractivity (Wildman–Crippen MR) is 118 cm³/mol. The lowest BCUT2D eigenvalue weighted by molar-refractivity contribution is -0.140. The standard InChI is InChI=1S/C12H27P.C10H11BO2/c1-4-7-10-13(11-8-5-2)12-9-6-3;1-7-4-3-5-8(6-7)9(11)10(12)13-2/h4-12H2,1-3H3;3-6,9H,1-2H3. The maximum Gasteiger partial charge on any atom is 0.304 e. The molecule has 1 rings (SSSR count). The fourth-order valence-electron chi connectivity index (χ4n) is 2.61. The summed E-state index contributed by atoms with van der Waals surface area (Å²) in [5, 5.41) is 0. The Labute approximate surface area is 164 Å². The molecule has 0 N–H and O–H groups in total. The normalized spacial score (nSPS) is 11.6. The number of carbonyl (C=O) groups excluding carboxylic acids is 1. The largest absolute Gasteiger partial charge is 0.469 e. The number of carbonyl (C=O) groups is 1. The molecule has 1 aromatic carbocycles. The SMILES string of the molecule is CCCCP(CCCC)CCCC.[B]C(C(=O)OC)c1cccc(C)c1. The van der Waals surface area contributed by atoms with Gasteiger partial charge in [-0.2, -0.15) is 0 Å². The second-order valence-corrected chi connectivity index (χ2v) is 9.50. The van der Waals surface area contributed by atoms with Gasteiger partial charge in [-0.3, -0.25) is 4.79 Å². The number of benzene rings is 1. The molecule has 0 saturated heterocycles. The smallest absolute Gasteiger partial charge is 0.304 e. The molecule has 2 nitrogen and oxygen atoms in total. The third-order valence-electron chi connectivity index (χ3n) is 4.34. The lowest BCUT2D eigenvalue weighted by Crippen LogP contribution is -2.14. The van der Waals surface area contributed by atoms with Crippen LogP contribution in [-0.2, 0) is 9.53 Å². The molecule has 0 heterocycles. The van der Waals surface area contributed by atoms with Gasteiger partial charge >= 0.3 is 5.97 Å². The number of rotatable bonds is 11. The maximum atomic E-state index is 11.1. The van der Waals surface area contributed by atoms with Gasteiger partial charge in [0.1, 0.15) is 0 Å². The van der Waals surface area contributed by atoms with Gasteiger partial charge in [-0.05, 0) is 50.2 Å². The zero-order valence-corrected chi connectivity index (χ0v) is 18.5. The predicted octanol–water partition coefficient (Wildman–Crippen LogP) is 6.25. The van der Waals surface area contributed by atoms with Crippen molar-refractivity contribution >= 4 is 21.7 Å². The summed E-state index contributed by atoms with van der Waals surface area (Å²) < 4.78 is 4.54. The third-order valence-corrected chi connectivity index (χ3v) is 7.19. The van der Waals surface area contributed by atoms with Crippen LogP contribution >= 0.6 is 7.92 Å². The van der Waals surface area contributed by atoms with Gasteiger partial charge in [-0.15, -0.1) is 7.92 Å². The molecular weight excluding hydrogens is 338 g/mol. The highest BCUT2D eigenvalue weighted by atomic mass is 31.1. The second kappa shape index (κ2) is 16.4. The topological polar surface area (TPSA) is 26.3 Å². The molecule has 0 aliphatic carbocycles. The van der Waals surface area contributed by atoms with Crippen LogP contribution in [0.2, 0.25) is 0 Å². The number of aryl methyl sites for hydroxylation is 1. The van der Waals surface area contributed by atoms with Crippen molar-refractivity contribution in [2.75, 3.05) is 25.6 Å². The molecule has 4 heteroatoms. The van der Waals surface area contributed by atoms with Crippen LogP contribution in [0.15, 0.2) is 24.3 Å². The molecule has 26 heavy (non-hydrogen) atoms. The first-order valence-electron chi connectivity index (χ1n) is 10.1. The quantitative estimate of drug-likeness (QED) is 0.259.